The zero-order valence-electron chi connectivity index (χ0n) is 12.1. The lowest BCUT2D eigenvalue weighted by Gasteiger charge is -2.11. The molecule has 0 fully saturated rings. The molecule has 0 saturated carbocycles. The van der Waals surface area contributed by atoms with Crippen molar-refractivity contribution in [2.75, 3.05) is 11.9 Å². The molecule has 0 atom stereocenters. The van der Waals surface area contributed by atoms with E-state index in [2.05, 4.69) is 10.4 Å². The number of rotatable bonds is 5. The van der Waals surface area contributed by atoms with Crippen molar-refractivity contribution in [1.29, 1.82) is 0 Å². The van der Waals surface area contributed by atoms with Crippen molar-refractivity contribution in [1.82, 2.24) is 9.78 Å². The molecule has 2 aromatic rings. The van der Waals surface area contributed by atoms with Crippen LogP contribution in [-0.4, -0.2) is 28.3 Å². The van der Waals surface area contributed by atoms with E-state index >= 15 is 0 Å². The third kappa shape index (κ3) is 3.91. The normalized spacial score (nSPS) is 10.7. The number of esters is 1. The summed E-state index contributed by atoms with van der Waals surface area (Å²) in [5.41, 5.74) is 0. The summed E-state index contributed by atoms with van der Waals surface area (Å²) in [6, 6.07) is 5.35. The van der Waals surface area contributed by atoms with Crippen molar-refractivity contribution in [3.8, 4) is 0 Å². The lowest BCUT2D eigenvalue weighted by atomic mass is 10.4. The fourth-order valence-corrected chi connectivity index (χ4v) is 2.51. The Morgan fingerprint density at radius 2 is 2.14 bits per heavy atom. The van der Waals surface area contributed by atoms with Gasteiger partial charge in [0.05, 0.1) is 6.20 Å². The summed E-state index contributed by atoms with van der Waals surface area (Å²) < 4.78 is 6.66. The number of nitrogens with zero attached hydrogens (tertiary/aromatic N) is 2. The minimum absolute atomic E-state index is 0.131. The predicted octanol–water partition coefficient (Wildman–Crippen LogP) is 2.63. The Bertz CT molecular complexity index is 645. The van der Waals surface area contributed by atoms with Crippen molar-refractivity contribution < 1.29 is 14.3 Å². The lowest BCUT2D eigenvalue weighted by Crippen LogP contribution is -2.22. The van der Waals surface area contributed by atoms with E-state index in [4.69, 9.17) is 4.74 Å². The summed E-state index contributed by atoms with van der Waals surface area (Å²) in [6.45, 7) is 5.50. The van der Waals surface area contributed by atoms with E-state index < -0.39 is 5.97 Å². The number of carbonyl (C=O) groups excluding carboxylic acids is 2. The van der Waals surface area contributed by atoms with Gasteiger partial charge in [-0.25, -0.2) is 9.48 Å². The number of hydrogen-bond acceptors (Lipinski definition) is 5. The molecule has 0 spiro atoms. The molecule has 0 radical (unpaired) electrons. The highest BCUT2D eigenvalue weighted by atomic mass is 32.1. The molecule has 1 amide bonds. The van der Waals surface area contributed by atoms with Crippen LogP contribution in [0.1, 0.15) is 34.4 Å². The van der Waals surface area contributed by atoms with Gasteiger partial charge in [-0.3, -0.25) is 4.79 Å². The van der Waals surface area contributed by atoms with Crippen LogP contribution in [0.3, 0.4) is 0 Å². The third-order valence-corrected chi connectivity index (χ3v) is 3.68. The molecule has 0 saturated heterocycles. The van der Waals surface area contributed by atoms with Crippen LogP contribution in [0.15, 0.2) is 24.4 Å². The fraction of sp³-hybridized carbons (Fsp3) is 0.357. The Labute approximate surface area is 126 Å². The number of aromatic nitrogens is 2. The van der Waals surface area contributed by atoms with E-state index in [1.54, 1.807) is 23.0 Å². The molecule has 0 aliphatic heterocycles. The number of carbonyl (C=O) groups is 2. The summed E-state index contributed by atoms with van der Waals surface area (Å²) in [7, 11) is 0. The molecular formula is C14H17N3O3S. The first kappa shape index (κ1) is 15.2. The molecule has 0 unspecified atom stereocenters. The SMILES string of the molecule is Cc1ccc(C(=O)OCC(=O)Nc2ccnn2C(C)C)s1. The largest absolute Gasteiger partial charge is 0.451 e. The summed E-state index contributed by atoms with van der Waals surface area (Å²) in [6.07, 6.45) is 1.61. The molecule has 0 aliphatic rings. The smallest absolute Gasteiger partial charge is 0.348 e. The predicted molar refractivity (Wildman–Crippen MR) is 80.6 cm³/mol. The Kier molecular flexibility index (Phi) is 4.74. The maximum atomic E-state index is 11.8. The maximum Gasteiger partial charge on any atom is 0.348 e. The monoisotopic (exact) mass is 307 g/mol. The van der Waals surface area contributed by atoms with E-state index in [0.717, 1.165) is 4.88 Å². The average Bonchev–Trinajstić information content (AvgIpc) is 3.05. The zero-order valence-corrected chi connectivity index (χ0v) is 12.9. The Hall–Kier alpha value is -2.15. The maximum absolute atomic E-state index is 11.8. The van der Waals surface area contributed by atoms with Crippen molar-refractivity contribution in [2.24, 2.45) is 0 Å². The molecule has 0 bridgehead atoms. The summed E-state index contributed by atoms with van der Waals surface area (Å²) in [4.78, 5) is 25.0. The van der Waals surface area contributed by atoms with E-state index in [0.29, 0.717) is 10.7 Å². The van der Waals surface area contributed by atoms with E-state index in [1.165, 1.54) is 11.3 Å². The van der Waals surface area contributed by atoms with Crippen molar-refractivity contribution >= 4 is 29.0 Å². The van der Waals surface area contributed by atoms with Crippen LogP contribution in [0.2, 0.25) is 0 Å². The Morgan fingerprint density at radius 3 is 2.76 bits per heavy atom. The summed E-state index contributed by atoms with van der Waals surface area (Å²) in [5, 5.41) is 6.78. The van der Waals surface area contributed by atoms with Gasteiger partial charge in [-0.05, 0) is 32.9 Å². The topological polar surface area (TPSA) is 73.2 Å². The number of aryl methyl sites for hydroxylation is 1. The first-order valence-corrected chi connectivity index (χ1v) is 7.36. The van der Waals surface area contributed by atoms with Gasteiger partial charge in [0, 0.05) is 17.0 Å². The highest BCUT2D eigenvalue weighted by Crippen LogP contribution is 2.16. The van der Waals surface area contributed by atoms with Crippen molar-refractivity contribution in [3.63, 3.8) is 0 Å². The minimum Gasteiger partial charge on any atom is -0.451 e. The Balaban J connectivity index is 1.87. The van der Waals surface area contributed by atoms with E-state index in [9.17, 15) is 9.59 Å². The van der Waals surface area contributed by atoms with Gasteiger partial charge in [-0.15, -0.1) is 11.3 Å². The molecule has 112 valence electrons. The second-order valence-electron chi connectivity index (χ2n) is 4.79. The summed E-state index contributed by atoms with van der Waals surface area (Å²) >= 11 is 1.34. The minimum atomic E-state index is -0.486. The number of hydrogen-bond donors (Lipinski definition) is 1. The molecule has 2 aromatic heterocycles. The molecule has 2 rings (SSSR count). The van der Waals surface area contributed by atoms with Crippen molar-refractivity contribution in [3.05, 3.63) is 34.2 Å². The molecular weight excluding hydrogens is 290 g/mol. The zero-order chi connectivity index (χ0) is 15.4. The quantitative estimate of drug-likeness (QED) is 0.862. The highest BCUT2D eigenvalue weighted by Gasteiger charge is 2.14. The van der Waals surface area contributed by atoms with Crippen LogP contribution in [0.4, 0.5) is 5.82 Å². The number of thiophene rings is 1. The number of ether oxygens (including phenoxy) is 1. The first-order valence-electron chi connectivity index (χ1n) is 6.54. The molecule has 0 aliphatic carbocycles. The van der Waals surface area contributed by atoms with Gasteiger partial charge in [-0.2, -0.15) is 5.10 Å². The van der Waals surface area contributed by atoms with E-state index in [1.807, 2.05) is 26.8 Å². The third-order valence-electron chi connectivity index (χ3n) is 2.70. The van der Waals surface area contributed by atoms with Crippen LogP contribution in [-0.2, 0) is 9.53 Å². The molecule has 0 aromatic carbocycles. The molecule has 21 heavy (non-hydrogen) atoms. The number of nitrogens with one attached hydrogen (secondary N) is 1. The summed E-state index contributed by atoms with van der Waals surface area (Å²) in [5.74, 6) is -0.294. The van der Waals surface area contributed by atoms with Gasteiger partial charge < -0.3 is 10.1 Å². The standard InChI is InChI=1S/C14H17N3O3S/c1-9(2)17-12(6-7-15-17)16-13(18)8-20-14(19)11-5-4-10(3)21-11/h4-7,9H,8H2,1-3H3,(H,16,18). The molecule has 1 N–H and O–H groups in total. The first-order chi connectivity index (χ1) is 9.97. The van der Waals surface area contributed by atoms with Gasteiger partial charge in [0.2, 0.25) is 0 Å². The fourth-order valence-electron chi connectivity index (χ4n) is 1.75. The van der Waals surface area contributed by atoms with Crippen LogP contribution in [0.5, 0.6) is 0 Å². The van der Waals surface area contributed by atoms with Gasteiger partial charge >= 0.3 is 5.97 Å². The lowest BCUT2D eigenvalue weighted by molar-refractivity contribution is -0.119. The van der Waals surface area contributed by atoms with Crippen LogP contribution >= 0.6 is 11.3 Å². The van der Waals surface area contributed by atoms with Gasteiger partial charge in [-0.1, -0.05) is 0 Å². The molecule has 2 heterocycles. The van der Waals surface area contributed by atoms with Crippen LogP contribution in [0.25, 0.3) is 0 Å². The molecule has 7 heteroatoms. The second kappa shape index (κ2) is 6.53. The molecule has 6 nitrogen and oxygen atoms in total. The number of amides is 1. The van der Waals surface area contributed by atoms with Gasteiger partial charge in [0.1, 0.15) is 10.7 Å². The highest BCUT2D eigenvalue weighted by molar-refractivity contribution is 7.13. The van der Waals surface area contributed by atoms with E-state index in [-0.39, 0.29) is 18.6 Å². The average molecular weight is 307 g/mol. The van der Waals surface area contributed by atoms with Crippen LogP contribution in [0, 0.1) is 6.92 Å². The van der Waals surface area contributed by atoms with Gasteiger partial charge in [0.15, 0.2) is 6.61 Å². The van der Waals surface area contributed by atoms with Crippen LogP contribution < -0.4 is 5.32 Å². The second-order valence-corrected chi connectivity index (χ2v) is 6.08. The van der Waals surface area contributed by atoms with Crippen molar-refractivity contribution in [2.45, 2.75) is 26.8 Å². The van der Waals surface area contributed by atoms with Gasteiger partial charge in [0.25, 0.3) is 5.91 Å². The number of anilines is 1. The Morgan fingerprint density at radius 1 is 1.38 bits per heavy atom.